The molecule has 0 aliphatic carbocycles. The number of benzene rings is 2. The highest BCUT2D eigenvalue weighted by Crippen LogP contribution is 2.28. The van der Waals surface area contributed by atoms with Crippen molar-refractivity contribution in [3.05, 3.63) is 53.6 Å². The van der Waals surface area contributed by atoms with Crippen LogP contribution >= 0.6 is 0 Å². The van der Waals surface area contributed by atoms with Crippen LogP contribution in [0.4, 0.5) is 5.69 Å². The Hall–Kier alpha value is -2.49. The number of nitrogens with two attached hydrogens (primary N) is 1. The first kappa shape index (κ1) is 13.9. The van der Waals surface area contributed by atoms with Crippen LogP contribution in [0.3, 0.4) is 0 Å². The van der Waals surface area contributed by atoms with Crippen molar-refractivity contribution in [1.29, 1.82) is 0 Å². The Morgan fingerprint density at radius 3 is 2.35 bits per heavy atom. The van der Waals surface area contributed by atoms with Gasteiger partial charge in [-0.2, -0.15) is 0 Å². The number of carboxylic acid groups (broad SMARTS) is 1. The Labute approximate surface area is 117 Å². The van der Waals surface area contributed by atoms with Crippen molar-refractivity contribution in [1.82, 2.24) is 0 Å². The van der Waals surface area contributed by atoms with Crippen LogP contribution in [-0.4, -0.2) is 11.1 Å². The van der Waals surface area contributed by atoms with Crippen molar-refractivity contribution in [2.24, 2.45) is 0 Å². The molecule has 0 aliphatic rings. The summed E-state index contributed by atoms with van der Waals surface area (Å²) in [5, 5.41) is 9.13. The largest absolute Gasteiger partial charge is 0.478 e. The second-order valence-corrected chi connectivity index (χ2v) is 4.89. The first-order valence-corrected chi connectivity index (χ1v) is 6.38. The van der Waals surface area contributed by atoms with E-state index in [4.69, 9.17) is 15.6 Å². The molecule has 20 heavy (non-hydrogen) atoms. The maximum absolute atomic E-state index is 11.1. The van der Waals surface area contributed by atoms with E-state index in [9.17, 15) is 4.79 Å². The molecule has 0 saturated carbocycles. The van der Waals surface area contributed by atoms with Crippen molar-refractivity contribution in [2.75, 3.05) is 5.73 Å². The zero-order valence-corrected chi connectivity index (χ0v) is 11.5. The van der Waals surface area contributed by atoms with Crippen LogP contribution < -0.4 is 10.5 Å². The fourth-order valence-corrected chi connectivity index (χ4v) is 1.85. The maximum Gasteiger partial charge on any atom is 0.339 e. The Bertz CT molecular complexity index is 618. The zero-order chi connectivity index (χ0) is 14.7. The number of rotatable bonds is 4. The van der Waals surface area contributed by atoms with E-state index in [2.05, 4.69) is 13.8 Å². The smallest absolute Gasteiger partial charge is 0.339 e. The van der Waals surface area contributed by atoms with Crippen LogP contribution in [0.25, 0.3) is 0 Å². The topological polar surface area (TPSA) is 72.5 Å². The molecule has 0 aromatic heterocycles. The third-order valence-electron chi connectivity index (χ3n) is 3.01. The van der Waals surface area contributed by atoms with Gasteiger partial charge in [-0.15, -0.1) is 0 Å². The van der Waals surface area contributed by atoms with Gasteiger partial charge >= 0.3 is 5.97 Å². The number of nitrogen functional groups attached to an aromatic ring is 1. The predicted molar refractivity (Wildman–Crippen MR) is 78.4 cm³/mol. The lowest BCUT2D eigenvalue weighted by molar-refractivity contribution is 0.0694. The van der Waals surface area contributed by atoms with Gasteiger partial charge in [0.15, 0.2) is 0 Å². The molecule has 3 N–H and O–H groups in total. The Morgan fingerprint density at radius 1 is 1.15 bits per heavy atom. The SMILES string of the molecule is CC(C)c1ccc(Oc2cc(N)ccc2C(=O)O)cc1. The number of carboxylic acids is 1. The van der Waals surface area contributed by atoms with Gasteiger partial charge in [-0.05, 0) is 35.7 Å². The molecule has 0 radical (unpaired) electrons. The number of hydrogen-bond donors (Lipinski definition) is 2. The Kier molecular flexibility index (Phi) is 3.94. The van der Waals surface area contributed by atoms with Crippen molar-refractivity contribution >= 4 is 11.7 Å². The highest BCUT2D eigenvalue weighted by molar-refractivity contribution is 5.91. The van der Waals surface area contributed by atoms with E-state index < -0.39 is 5.97 Å². The van der Waals surface area contributed by atoms with Crippen LogP contribution in [0, 0.1) is 0 Å². The molecule has 0 amide bonds. The number of aromatic carboxylic acids is 1. The molecule has 2 rings (SSSR count). The van der Waals surface area contributed by atoms with Gasteiger partial charge < -0.3 is 15.6 Å². The van der Waals surface area contributed by atoms with Gasteiger partial charge in [0.2, 0.25) is 0 Å². The van der Waals surface area contributed by atoms with Crippen LogP contribution in [-0.2, 0) is 0 Å². The average Bonchev–Trinajstić information content (AvgIpc) is 2.39. The molecule has 2 aromatic rings. The standard InChI is InChI=1S/C16H17NO3/c1-10(2)11-3-6-13(7-4-11)20-15-9-12(17)5-8-14(15)16(18)19/h3-10H,17H2,1-2H3,(H,18,19). The van der Waals surface area contributed by atoms with Crippen LogP contribution in [0.15, 0.2) is 42.5 Å². The van der Waals surface area contributed by atoms with E-state index in [-0.39, 0.29) is 11.3 Å². The fraction of sp³-hybridized carbons (Fsp3) is 0.188. The molecular weight excluding hydrogens is 254 g/mol. The molecule has 0 spiro atoms. The highest BCUT2D eigenvalue weighted by atomic mass is 16.5. The zero-order valence-electron chi connectivity index (χ0n) is 11.5. The Morgan fingerprint density at radius 2 is 1.80 bits per heavy atom. The Balaban J connectivity index is 2.29. The lowest BCUT2D eigenvalue weighted by atomic mass is 10.0. The van der Waals surface area contributed by atoms with Crippen molar-refractivity contribution in [3.8, 4) is 11.5 Å². The van der Waals surface area contributed by atoms with Gasteiger partial charge in [0.25, 0.3) is 0 Å². The number of carbonyl (C=O) groups is 1. The first-order chi connectivity index (χ1) is 9.47. The van der Waals surface area contributed by atoms with Crippen LogP contribution in [0.5, 0.6) is 11.5 Å². The first-order valence-electron chi connectivity index (χ1n) is 6.38. The number of anilines is 1. The fourth-order valence-electron chi connectivity index (χ4n) is 1.85. The van der Waals surface area contributed by atoms with Crippen molar-refractivity contribution in [3.63, 3.8) is 0 Å². The second-order valence-electron chi connectivity index (χ2n) is 4.89. The summed E-state index contributed by atoms with van der Waals surface area (Å²) < 4.78 is 5.63. The third-order valence-corrected chi connectivity index (χ3v) is 3.01. The molecule has 4 heteroatoms. The molecule has 0 unspecified atom stereocenters. The van der Waals surface area contributed by atoms with E-state index in [1.54, 1.807) is 0 Å². The summed E-state index contributed by atoms with van der Waals surface area (Å²) >= 11 is 0. The molecule has 0 heterocycles. The summed E-state index contributed by atoms with van der Waals surface area (Å²) in [6.07, 6.45) is 0. The van der Waals surface area contributed by atoms with Crippen molar-refractivity contribution < 1.29 is 14.6 Å². The lowest BCUT2D eigenvalue weighted by Crippen LogP contribution is -2.01. The normalized spacial score (nSPS) is 10.6. The molecule has 0 saturated heterocycles. The highest BCUT2D eigenvalue weighted by Gasteiger charge is 2.12. The van der Waals surface area contributed by atoms with Gasteiger partial charge in [0, 0.05) is 11.8 Å². The van der Waals surface area contributed by atoms with Crippen molar-refractivity contribution in [2.45, 2.75) is 19.8 Å². The summed E-state index contributed by atoms with van der Waals surface area (Å²) in [5.41, 5.74) is 7.42. The van der Waals surface area contributed by atoms with Gasteiger partial charge in [0.1, 0.15) is 17.1 Å². The van der Waals surface area contributed by atoms with E-state index in [1.165, 1.54) is 23.8 Å². The molecule has 0 fully saturated rings. The predicted octanol–water partition coefficient (Wildman–Crippen LogP) is 3.88. The van der Waals surface area contributed by atoms with Crippen LogP contribution in [0.2, 0.25) is 0 Å². The lowest BCUT2D eigenvalue weighted by Gasteiger charge is -2.11. The molecule has 0 bridgehead atoms. The molecular formula is C16H17NO3. The summed E-state index contributed by atoms with van der Waals surface area (Å²) in [7, 11) is 0. The monoisotopic (exact) mass is 271 g/mol. The summed E-state index contributed by atoms with van der Waals surface area (Å²) in [6.45, 7) is 4.21. The van der Waals surface area contributed by atoms with Gasteiger partial charge in [-0.25, -0.2) is 4.79 Å². The summed E-state index contributed by atoms with van der Waals surface area (Å²) in [4.78, 5) is 11.1. The maximum atomic E-state index is 11.1. The minimum atomic E-state index is -1.04. The van der Waals surface area contributed by atoms with E-state index >= 15 is 0 Å². The molecule has 0 atom stereocenters. The summed E-state index contributed by atoms with van der Waals surface area (Å²) in [6, 6.07) is 12.1. The van der Waals surface area contributed by atoms with Gasteiger partial charge in [-0.1, -0.05) is 26.0 Å². The number of hydrogen-bond acceptors (Lipinski definition) is 3. The molecule has 0 aliphatic heterocycles. The summed E-state index contributed by atoms with van der Waals surface area (Å²) in [5.74, 6) is 0.224. The minimum absolute atomic E-state index is 0.0899. The third kappa shape index (κ3) is 3.09. The second kappa shape index (κ2) is 5.65. The minimum Gasteiger partial charge on any atom is -0.478 e. The van der Waals surface area contributed by atoms with E-state index in [0.29, 0.717) is 17.4 Å². The molecule has 2 aromatic carbocycles. The van der Waals surface area contributed by atoms with Crippen LogP contribution in [0.1, 0.15) is 35.7 Å². The molecule has 104 valence electrons. The average molecular weight is 271 g/mol. The van der Waals surface area contributed by atoms with E-state index in [1.807, 2.05) is 24.3 Å². The van der Waals surface area contributed by atoms with E-state index in [0.717, 1.165) is 0 Å². The number of ether oxygens (including phenoxy) is 1. The molecule has 4 nitrogen and oxygen atoms in total. The van der Waals surface area contributed by atoms with Gasteiger partial charge in [0.05, 0.1) is 0 Å². The quantitative estimate of drug-likeness (QED) is 0.828. The van der Waals surface area contributed by atoms with Gasteiger partial charge in [-0.3, -0.25) is 0 Å².